The van der Waals surface area contributed by atoms with Crippen LogP contribution in [0.25, 0.3) is 0 Å². The van der Waals surface area contributed by atoms with Crippen LogP contribution in [0.2, 0.25) is 0 Å². The number of aromatic nitrogens is 1. The number of rotatable bonds is 3. The van der Waals surface area contributed by atoms with Crippen LogP contribution < -0.4 is 10.6 Å². The second-order valence-corrected chi connectivity index (χ2v) is 4.66. The highest BCUT2D eigenvalue weighted by molar-refractivity contribution is 5.92. The third-order valence-electron chi connectivity index (χ3n) is 3.08. The summed E-state index contributed by atoms with van der Waals surface area (Å²) in [6.45, 7) is 8.08. The predicted octanol–water partition coefficient (Wildman–Crippen LogP) is 0.542. The topological polar surface area (TPSA) is 57.3 Å². The number of anilines is 1. The molecule has 1 aromatic rings. The first-order valence-corrected chi connectivity index (χ1v) is 6.32. The summed E-state index contributed by atoms with van der Waals surface area (Å²) in [4.78, 5) is 18.4. The molecule has 0 spiro atoms. The Morgan fingerprint density at radius 2 is 2.11 bits per heavy atom. The molecule has 2 heterocycles. The van der Waals surface area contributed by atoms with Gasteiger partial charge in [0.2, 0.25) is 5.91 Å². The van der Waals surface area contributed by atoms with Crippen molar-refractivity contribution in [3.63, 3.8) is 0 Å². The van der Waals surface area contributed by atoms with Gasteiger partial charge in [-0.05, 0) is 26.0 Å². The molecule has 5 heteroatoms. The number of carbonyl (C=O) groups is 1. The molecule has 1 aromatic heterocycles. The number of amides is 1. The van der Waals surface area contributed by atoms with Gasteiger partial charge in [0.1, 0.15) is 0 Å². The number of carbonyl (C=O) groups excluding carboxylic acids is 1. The molecule has 98 valence electrons. The van der Waals surface area contributed by atoms with E-state index in [9.17, 15) is 4.79 Å². The number of hydrogen-bond acceptors (Lipinski definition) is 4. The van der Waals surface area contributed by atoms with Crippen LogP contribution in [0.1, 0.15) is 11.4 Å². The fraction of sp³-hybridized carbons (Fsp3) is 0.538. The van der Waals surface area contributed by atoms with E-state index >= 15 is 0 Å². The molecule has 0 aliphatic carbocycles. The first kappa shape index (κ1) is 13.0. The quantitative estimate of drug-likeness (QED) is 0.820. The lowest BCUT2D eigenvalue weighted by Gasteiger charge is -2.26. The van der Waals surface area contributed by atoms with Crippen LogP contribution >= 0.6 is 0 Å². The SMILES string of the molecule is Cc1ccc(NC(=O)CN2CCNCC2)c(C)n1. The Morgan fingerprint density at radius 3 is 2.78 bits per heavy atom. The molecule has 1 fully saturated rings. The van der Waals surface area contributed by atoms with Crippen LogP contribution in [0.15, 0.2) is 12.1 Å². The summed E-state index contributed by atoms with van der Waals surface area (Å²) < 4.78 is 0. The summed E-state index contributed by atoms with van der Waals surface area (Å²) in [5.74, 6) is 0.0330. The zero-order chi connectivity index (χ0) is 13.0. The maximum atomic E-state index is 11.9. The molecule has 1 aliphatic heterocycles. The number of piperazine rings is 1. The van der Waals surface area contributed by atoms with Gasteiger partial charge in [-0.25, -0.2) is 0 Å². The zero-order valence-corrected chi connectivity index (χ0v) is 11.0. The smallest absolute Gasteiger partial charge is 0.238 e. The van der Waals surface area contributed by atoms with Crippen molar-refractivity contribution in [2.75, 3.05) is 38.0 Å². The van der Waals surface area contributed by atoms with E-state index in [2.05, 4.69) is 20.5 Å². The largest absolute Gasteiger partial charge is 0.323 e. The maximum absolute atomic E-state index is 11.9. The van der Waals surface area contributed by atoms with Gasteiger partial charge in [-0.2, -0.15) is 0 Å². The minimum absolute atomic E-state index is 0.0330. The summed E-state index contributed by atoms with van der Waals surface area (Å²) >= 11 is 0. The molecule has 0 radical (unpaired) electrons. The Hall–Kier alpha value is -1.46. The van der Waals surface area contributed by atoms with E-state index in [0.29, 0.717) is 6.54 Å². The molecule has 18 heavy (non-hydrogen) atoms. The fourth-order valence-corrected chi connectivity index (χ4v) is 2.08. The van der Waals surface area contributed by atoms with Gasteiger partial charge >= 0.3 is 0 Å². The van der Waals surface area contributed by atoms with Crippen LogP contribution in [0.3, 0.4) is 0 Å². The van der Waals surface area contributed by atoms with Crippen molar-refractivity contribution in [3.8, 4) is 0 Å². The van der Waals surface area contributed by atoms with E-state index in [0.717, 1.165) is 43.3 Å². The minimum Gasteiger partial charge on any atom is -0.323 e. The predicted molar refractivity (Wildman–Crippen MR) is 71.7 cm³/mol. The third-order valence-corrected chi connectivity index (χ3v) is 3.08. The molecule has 5 nitrogen and oxygen atoms in total. The summed E-state index contributed by atoms with van der Waals surface area (Å²) in [6, 6.07) is 3.82. The molecule has 1 saturated heterocycles. The standard InChI is InChI=1S/C13H20N4O/c1-10-3-4-12(11(2)15-10)16-13(18)9-17-7-5-14-6-8-17/h3-4,14H,5-9H2,1-2H3,(H,16,18). The maximum Gasteiger partial charge on any atom is 0.238 e. The molecule has 0 aromatic carbocycles. The highest BCUT2D eigenvalue weighted by Gasteiger charge is 2.14. The molecular weight excluding hydrogens is 228 g/mol. The van der Waals surface area contributed by atoms with E-state index in [-0.39, 0.29) is 5.91 Å². The lowest BCUT2D eigenvalue weighted by Crippen LogP contribution is -2.46. The Morgan fingerprint density at radius 1 is 1.39 bits per heavy atom. The van der Waals surface area contributed by atoms with Crippen molar-refractivity contribution in [2.24, 2.45) is 0 Å². The summed E-state index contributed by atoms with van der Waals surface area (Å²) in [5.41, 5.74) is 2.64. The number of aryl methyl sites for hydroxylation is 2. The van der Waals surface area contributed by atoms with Crippen molar-refractivity contribution >= 4 is 11.6 Å². The van der Waals surface area contributed by atoms with Gasteiger partial charge in [-0.3, -0.25) is 14.7 Å². The van der Waals surface area contributed by atoms with Gasteiger partial charge in [0, 0.05) is 31.9 Å². The minimum atomic E-state index is 0.0330. The average Bonchev–Trinajstić information content (AvgIpc) is 2.34. The molecule has 0 unspecified atom stereocenters. The van der Waals surface area contributed by atoms with E-state index in [1.54, 1.807) is 0 Å². The summed E-state index contributed by atoms with van der Waals surface area (Å²) in [6.07, 6.45) is 0. The van der Waals surface area contributed by atoms with Crippen molar-refractivity contribution in [1.29, 1.82) is 0 Å². The molecule has 1 aliphatic rings. The van der Waals surface area contributed by atoms with E-state index < -0.39 is 0 Å². The third kappa shape index (κ3) is 3.51. The van der Waals surface area contributed by atoms with Crippen molar-refractivity contribution in [2.45, 2.75) is 13.8 Å². The first-order valence-electron chi connectivity index (χ1n) is 6.32. The monoisotopic (exact) mass is 248 g/mol. The lowest BCUT2D eigenvalue weighted by atomic mass is 10.2. The van der Waals surface area contributed by atoms with Crippen LogP contribution in [0.4, 0.5) is 5.69 Å². The van der Waals surface area contributed by atoms with Crippen molar-refractivity contribution in [1.82, 2.24) is 15.2 Å². The fourth-order valence-electron chi connectivity index (χ4n) is 2.08. The molecule has 0 bridgehead atoms. The van der Waals surface area contributed by atoms with Gasteiger partial charge in [0.15, 0.2) is 0 Å². The van der Waals surface area contributed by atoms with E-state index in [4.69, 9.17) is 0 Å². The molecule has 1 amide bonds. The van der Waals surface area contributed by atoms with Gasteiger partial charge in [-0.15, -0.1) is 0 Å². The number of pyridine rings is 1. The Balaban J connectivity index is 1.90. The molecule has 0 saturated carbocycles. The Labute approximate surface area is 108 Å². The Bertz CT molecular complexity index is 427. The second kappa shape index (κ2) is 5.93. The molecular formula is C13H20N4O. The summed E-state index contributed by atoms with van der Waals surface area (Å²) in [5, 5.41) is 6.19. The van der Waals surface area contributed by atoms with Crippen molar-refractivity contribution in [3.05, 3.63) is 23.5 Å². The normalized spacial score (nSPS) is 16.6. The highest BCUT2D eigenvalue weighted by atomic mass is 16.2. The lowest BCUT2D eigenvalue weighted by molar-refractivity contribution is -0.117. The molecule has 2 N–H and O–H groups in total. The van der Waals surface area contributed by atoms with Gasteiger partial charge in [0.05, 0.1) is 17.9 Å². The van der Waals surface area contributed by atoms with Gasteiger partial charge in [0.25, 0.3) is 0 Å². The van der Waals surface area contributed by atoms with E-state index in [1.807, 2.05) is 26.0 Å². The van der Waals surface area contributed by atoms with Crippen LogP contribution in [0.5, 0.6) is 0 Å². The van der Waals surface area contributed by atoms with Crippen LogP contribution in [-0.4, -0.2) is 48.5 Å². The molecule has 2 rings (SSSR count). The van der Waals surface area contributed by atoms with Crippen LogP contribution in [-0.2, 0) is 4.79 Å². The number of nitrogens with zero attached hydrogens (tertiary/aromatic N) is 2. The van der Waals surface area contributed by atoms with Gasteiger partial charge < -0.3 is 10.6 Å². The van der Waals surface area contributed by atoms with E-state index in [1.165, 1.54) is 0 Å². The zero-order valence-electron chi connectivity index (χ0n) is 11.0. The van der Waals surface area contributed by atoms with Gasteiger partial charge in [-0.1, -0.05) is 0 Å². The van der Waals surface area contributed by atoms with Crippen molar-refractivity contribution < 1.29 is 4.79 Å². The second-order valence-electron chi connectivity index (χ2n) is 4.66. The molecule has 0 atom stereocenters. The number of nitrogens with one attached hydrogen (secondary N) is 2. The van der Waals surface area contributed by atoms with Crippen LogP contribution in [0, 0.1) is 13.8 Å². The first-order chi connectivity index (χ1) is 8.65. The number of hydrogen-bond donors (Lipinski definition) is 2. The highest BCUT2D eigenvalue weighted by Crippen LogP contribution is 2.12. The summed E-state index contributed by atoms with van der Waals surface area (Å²) in [7, 11) is 0. The average molecular weight is 248 g/mol. The Kier molecular flexibility index (Phi) is 4.28.